The van der Waals surface area contributed by atoms with E-state index in [1.807, 2.05) is 31.2 Å². The minimum Gasteiger partial charge on any atom is -0.507 e. The Labute approximate surface area is 149 Å². The van der Waals surface area contributed by atoms with Crippen molar-refractivity contribution in [1.29, 1.82) is 0 Å². The monoisotopic (exact) mass is 355 g/mol. The Hall–Kier alpha value is -2.80. The maximum Gasteiger partial charge on any atom is 0.277 e. The van der Waals surface area contributed by atoms with Crippen molar-refractivity contribution >= 4 is 23.4 Å². The Morgan fingerprint density at radius 3 is 2.72 bits per heavy atom. The molecule has 0 saturated carbocycles. The molecule has 6 nitrogen and oxygen atoms in total. The van der Waals surface area contributed by atoms with Crippen LogP contribution in [0.4, 0.5) is 5.69 Å². The zero-order valence-corrected chi connectivity index (χ0v) is 14.4. The van der Waals surface area contributed by atoms with E-state index < -0.39 is 0 Å². The second kappa shape index (κ2) is 7.85. The molecule has 2 N–H and O–H groups in total. The van der Waals surface area contributed by atoms with Gasteiger partial charge in [0.15, 0.2) is 0 Å². The van der Waals surface area contributed by atoms with Gasteiger partial charge in [-0.1, -0.05) is 49.0 Å². The van der Waals surface area contributed by atoms with Gasteiger partial charge in [-0.2, -0.15) is 0 Å². The lowest BCUT2D eigenvalue weighted by atomic mass is 10.1. The fourth-order valence-electron chi connectivity index (χ4n) is 2.30. The lowest BCUT2D eigenvalue weighted by Crippen LogP contribution is -2.15. The number of aromatic hydroxyl groups is 1. The number of rotatable bonds is 6. The molecular weight excluding hydrogens is 338 g/mol. The van der Waals surface area contributed by atoms with E-state index in [9.17, 15) is 9.90 Å². The van der Waals surface area contributed by atoms with Gasteiger partial charge in [0.05, 0.1) is 11.3 Å². The number of carbonyl (C=O) groups is 1. The molecule has 1 amide bonds. The predicted octanol–water partition coefficient (Wildman–Crippen LogP) is 3.74. The molecule has 1 aromatic heterocycles. The Balaban J connectivity index is 1.61. The van der Waals surface area contributed by atoms with E-state index in [1.165, 1.54) is 0 Å². The summed E-state index contributed by atoms with van der Waals surface area (Å²) in [6, 6.07) is 14.4. The van der Waals surface area contributed by atoms with Gasteiger partial charge in [0.25, 0.3) is 11.1 Å². The summed E-state index contributed by atoms with van der Waals surface area (Å²) in [5, 5.41) is 20.8. The van der Waals surface area contributed by atoms with Crippen LogP contribution in [0.1, 0.15) is 12.5 Å². The van der Waals surface area contributed by atoms with Crippen LogP contribution >= 0.6 is 11.8 Å². The van der Waals surface area contributed by atoms with E-state index in [1.54, 1.807) is 24.3 Å². The molecule has 3 rings (SSSR count). The van der Waals surface area contributed by atoms with Crippen LogP contribution in [0.25, 0.3) is 11.5 Å². The summed E-state index contributed by atoms with van der Waals surface area (Å²) in [6.07, 6.45) is 0.844. The summed E-state index contributed by atoms with van der Waals surface area (Å²) in [7, 11) is 0. The molecule has 0 bridgehead atoms. The molecule has 0 aliphatic rings. The highest BCUT2D eigenvalue weighted by Gasteiger charge is 2.14. The van der Waals surface area contributed by atoms with E-state index in [-0.39, 0.29) is 28.5 Å². The average molecular weight is 355 g/mol. The van der Waals surface area contributed by atoms with Crippen molar-refractivity contribution < 1.29 is 14.3 Å². The first kappa shape index (κ1) is 17.0. The molecule has 0 aliphatic heterocycles. The van der Waals surface area contributed by atoms with Gasteiger partial charge in [-0.25, -0.2) is 0 Å². The van der Waals surface area contributed by atoms with Crippen molar-refractivity contribution in [2.75, 3.05) is 11.1 Å². The van der Waals surface area contributed by atoms with Crippen molar-refractivity contribution in [2.45, 2.75) is 18.6 Å². The SMILES string of the molecule is CCc1ccccc1NC(=O)CSc1nnc(-c2ccccc2O)o1. The summed E-state index contributed by atoms with van der Waals surface area (Å²) < 4.78 is 5.50. The molecule has 1 heterocycles. The number of aromatic nitrogens is 2. The number of aryl methyl sites for hydroxylation is 1. The van der Waals surface area contributed by atoms with E-state index in [0.29, 0.717) is 5.56 Å². The van der Waals surface area contributed by atoms with Gasteiger partial charge in [-0.3, -0.25) is 4.79 Å². The minimum absolute atomic E-state index is 0.0663. The smallest absolute Gasteiger partial charge is 0.277 e. The van der Waals surface area contributed by atoms with Crippen LogP contribution in [0.5, 0.6) is 5.75 Å². The van der Waals surface area contributed by atoms with Crippen LogP contribution < -0.4 is 5.32 Å². The molecule has 0 fully saturated rings. The van der Waals surface area contributed by atoms with Crippen molar-refractivity contribution in [3.63, 3.8) is 0 Å². The fraction of sp³-hybridized carbons (Fsp3) is 0.167. The number of hydrogen-bond acceptors (Lipinski definition) is 6. The zero-order valence-electron chi connectivity index (χ0n) is 13.6. The second-order valence-electron chi connectivity index (χ2n) is 5.24. The van der Waals surface area contributed by atoms with Crippen LogP contribution in [0.15, 0.2) is 58.2 Å². The molecule has 0 atom stereocenters. The van der Waals surface area contributed by atoms with Gasteiger partial charge in [-0.05, 0) is 30.2 Å². The third-order valence-corrected chi connectivity index (χ3v) is 4.36. The molecule has 3 aromatic rings. The maximum atomic E-state index is 12.1. The van der Waals surface area contributed by atoms with Crippen LogP contribution in [-0.2, 0) is 11.2 Å². The van der Waals surface area contributed by atoms with Crippen molar-refractivity contribution in [1.82, 2.24) is 10.2 Å². The highest BCUT2D eigenvalue weighted by molar-refractivity contribution is 7.99. The molecule has 7 heteroatoms. The normalized spacial score (nSPS) is 10.6. The fourth-order valence-corrected chi connectivity index (χ4v) is 2.86. The summed E-state index contributed by atoms with van der Waals surface area (Å²) in [4.78, 5) is 12.1. The average Bonchev–Trinajstić information content (AvgIpc) is 3.09. The first-order valence-electron chi connectivity index (χ1n) is 7.79. The standard InChI is InChI=1S/C18H17N3O3S/c1-2-12-7-3-5-9-14(12)19-16(23)11-25-18-21-20-17(24-18)13-8-4-6-10-15(13)22/h3-10,22H,2,11H2,1H3,(H,19,23). The maximum absolute atomic E-state index is 12.1. The van der Waals surface area contributed by atoms with E-state index in [0.717, 1.165) is 29.4 Å². The Bertz CT molecular complexity index is 879. The lowest BCUT2D eigenvalue weighted by molar-refractivity contribution is -0.113. The third kappa shape index (κ3) is 4.19. The quantitative estimate of drug-likeness (QED) is 0.655. The number of phenolic OH excluding ortho intramolecular Hbond substituents is 1. The predicted molar refractivity (Wildman–Crippen MR) is 96.6 cm³/mol. The molecule has 0 saturated heterocycles. The molecule has 0 aliphatic carbocycles. The van der Waals surface area contributed by atoms with Crippen LogP contribution in [0, 0.1) is 0 Å². The summed E-state index contributed by atoms with van der Waals surface area (Å²) in [5.74, 6) is 0.294. The topological polar surface area (TPSA) is 88.2 Å². The number of para-hydroxylation sites is 2. The molecular formula is C18H17N3O3S. The second-order valence-corrected chi connectivity index (χ2v) is 6.16. The summed E-state index contributed by atoms with van der Waals surface area (Å²) in [5.41, 5.74) is 2.36. The molecule has 0 unspecified atom stereocenters. The Morgan fingerprint density at radius 1 is 1.16 bits per heavy atom. The first-order chi connectivity index (χ1) is 12.2. The molecule has 2 aromatic carbocycles. The van der Waals surface area contributed by atoms with Gasteiger partial charge >= 0.3 is 0 Å². The van der Waals surface area contributed by atoms with E-state index in [2.05, 4.69) is 15.5 Å². The third-order valence-electron chi connectivity index (χ3n) is 3.54. The summed E-state index contributed by atoms with van der Waals surface area (Å²) in [6.45, 7) is 2.04. The van der Waals surface area contributed by atoms with Crippen LogP contribution in [0.3, 0.4) is 0 Å². The van der Waals surface area contributed by atoms with E-state index in [4.69, 9.17) is 4.42 Å². The summed E-state index contributed by atoms with van der Waals surface area (Å²) >= 11 is 1.15. The Kier molecular flexibility index (Phi) is 5.35. The van der Waals surface area contributed by atoms with Crippen molar-refractivity contribution in [3.8, 4) is 17.2 Å². The molecule has 0 spiro atoms. The Morgan fingerprint density at radius 2 is 1.92 bits per heavy atom. The van der Waals surface area contributed by atoms with Crippen LogP contribution in [-0.4, -0.2) is 27.0 Å². The number of thioether (sulfide) groups is 1. The number of carbonyl (C=O) groups excluding carboxylic acids is 1. The largest absolute Gasteiger partial charge is 0.507 e. The van der Waals surface area contributed by atoms with E-state index >= 15 is 0 Å². The number of hydrogen-bond donors (Lipinski definition) is 2. The highest BCUT2D eigenvalue weighted by Crippen LogP contribution is 2.29. The lowest BCUT2D eigenvalue weighted by Gasteiger charge is -2.08. The van der Waals surface area contributed by atoms with Crippen LogP contribution in [0.2, 0.25) is 0 Å². The zero-order chi connectivity index (χ0) is 17.6. The van der Waals surface area contributed by atoms with Gasteiger partial charge in [0.2, 0.25) is 5.91 Å². The van der Waals surface area contributed by atoms with Gasteiger partial charge in [-0.15, -0.1) is 10.2 Å². The van der Waals surface area contributed by atoms with Crippen molar-refractivity contribution in [3.05, 3.63) is 54.1 Å². The number of benzene rings is 2. The molecule has 0 radical (unpaired) electrons. The molecule has 128 valence electrons. The minimum atomic E-state index is -0.145. The highest BCUT2D eigenvalue weighted by atomic mass is 32.2. The molecule has 25 heavy (non-hydrogen) atoms. The number of anilines is 1. The van der Waals surface area contributed by atoms with Gasteiger partial charge in [0.1, 0.15) is 5.75 Å². The number of amides is 1. The first-order valence-corrected chi connectivity index (χ1v) is 8.78. The number of nitrogens with one attached hydrogen (secondary N) is 1. The van der Waals surface area contributed by atoms with Gasteiger partial charge < -0.3 is 14.8 Å². The number of phenols is 1. The van der Waals surface area contributed by atoms with Crippen molar-refractivity contribution in [2.24, 2.45) is 0 Å². The van der Waals surface area contributed by atoms with Gasteiger partial charge in [0, 0.05) is 5.69 Å². The number of nitrogens with zero attached hydrogens (tertiary/aromatic N) is 2.